The van der Waals surface area contributed by atoms with Gasteiger partial charge in [0.1, 0.15) is 18.3 Å². The molecule has 0 fully saturated rings. The SMILES string of the molecule is CCc1cc(C#Cc2ccc(OCC(=O)OC)cc2)cc(P(C)(C)=O)n1. The maximum atomic E-state index is 12.3. The summed E-state index contributed by atoms with van der Waals surface area (Å²) < 4.78 is 22.1. The molecule has 0 atom stereocenters. The lowest BCUT2D eigenvalue weighted by Gasteiger charge is -2.08. The zero-order valence-electron chi connectivity index (χ0n) is 15.4. The van der Waals surface area contributed by atoms with Gasteiger partial charge in [0.2, 0.25) is 0 Å². The van der Waals surface area contributed by atoms with Gasteiger partial charge in [-0.05, 0) is 56.1 Å². The fourth-order valence-electron chi connectivity index (χ4n) is 2.08. The van der Waals surface area contributed by atoms with Crippen molar-refractivity contribution >= 4 is 18.5 Å². The van der Waals surface area contributed by atoms with E-state index in [-0.39, 0.29) is 6.61 Å². The topological polar surface area (TPSA) is 65.5 Å². The molecular weight excluding hydrogens is 349 g/mol. The van der Waals surface area contributed by atoms with Crippen LogP contribution in [-0.2, 0) is 20.5 Å². The Bertz CT molecular complexity index is 888. The number of aryl methyl sites for hydroxylation is 1. The van der Waals surface area contributed by atoms with E-state index in [9.17, 15) is 9.36 Å². The van der Waals surface area contributed by atoms with Gasteiger partial charge in [0.05, 0.1) is 7.11 Å². The van der Waals surface area contributed by atoms with E-state index in [1.807, 2.05) is 25.1 Å². The predicted molar refractivity (Wildman–Crippen MR) is 103 cm³/mol. The molecule has 0 radical (unpaired) electrons. The predicted octanol–water partition coefficient (Wildman–Crippen LogP) is 2.84. The van der Waals surface area contributed by atoms with Gasteiger partial charge in [0.15, 0.2) is 6.61 Å². The van der Waals surface area contributed by atoms with E-state index < -0.39 is 13.1 Å². The second-order valence-corrected chi connectivity index (χ2v) is 9.21. The summed E-state index contributed by atoms with van der Waals surface area (Å²) in [6, 6.07) is 10.8. The zero-order chi connectivity index (χ0) is 19.2. The van der Waals surface area contributed by atoms with Crippen molar-refractivity contribution < 1.29 is 18.8 Å². The molecule has 2 aromatic rings. The summed E-state index contributed by atoms with van der Waals surface area (Å²) in [5.74, 6) is 6.32. The Morgan fingerprint density at radius 2 is 1.77 bits per heavy atom. The molecule has 0 saturated carbocycles. The number of hydrogen-bond acceptors (Lipinski definition) is 5. The van der Waals surface area contributed by atoms with Crippen LogP contribution in [0.15, 0.2) is 36.4 Å². The number of carbonyl (C=O) groups is 1. The molecule has 26 heavy (non-hydrogen) atoms. The molecule has 0 N–H and O–H groups in total. The normalized spacial score (nSPS) is 10.6. The fraction of sp³-hybridized carbons (Fsp3) is 0.300. The largest absolute Gasteiger partial charge is 0.482 e. The second kappa shape index (κ2) is 8.69. The summed E-state index contributed by atoms with van der Waals surface area (Å²) in [6.07, 6.45) is 0.759. The van der Waals surface area contributed by atoms with Gasteiger partial charge in [0, 0.05) is 16.8 Å². The van der Waals surface area contributed by atoms with Crippen molar-refractivity contribution in [2.45, 2.75) is 13.3 Å². The number of esters is 1. The third kappa shape index (κ3) is 5.75. The Balaban J connectivity index is 2.18. The minimum absolute atomic E-state index is 0.130. The first-order chi connectivity index (χ1) is 12.3. The van der Waals surface area contributed by atoms with Crippen molar-refractivity contribution in [2.75, 3.05) is 27.0 Å². The third-order valence-corrected chi connectivity index (χ3v) is 4.90. The number of rotatable bonds is 5. The number of carbonyl (C=O) groups excluding carboxylic acids is 1. The van der Waals surface area contributed by atoms with Crippen LogP contribution in [0.5, 0.6) is 5.75 Å². The number of aromatic nitrogens is 1. The maximum Gasteiger partial charge on any atom is 0.343 e. The summed E-state index contributed by atoms with van der Waals surface area (Å²) in [5, 5.41) is 0. The van der Waals surface area contributed by atoms with Crippen LogP contribution in [0.4, 0.5) is 0 Å². The Morgan fingerprint density at radius 3 is 2.35 bits per heavy atom. The third-order valence-electron chi connectivity index (χ3n) is 3.57. The second-order valence-electron chi connectivity index (χ2n) is 6.05. The minimum atomic E-state index is -2.44. The number of pyridine rings is 1. The van der Waals surface area contributed by atoms with Crippen LogP contribution in [0.2, 0.25) is 0 Å². The van der Waals surface area contributed by atoms with Crippen LogP contribution < -0.4 is 10.2 Å². The lowest BCUT2D eigenvalue weighted by molar-refractivity contribution is -0.142. The summed E-state index contributed by atoms with van der Waals surface area (Å²) in [6.45, 7) is 5.29. The molecule has 0 aliphatic carbocycles. The smallest absolute Gasteiger partial charge is 0.343 e. The number of benzene rings is 1. The van der Waals surface area contributed by atoms with Gasteiger partial charge < -0.3 is 14.0 Å². The fourth-order valence-corrected chi connectivity index (χ4v) is 2.90. The molecule has 0 amide bonds. The molecule has 0 unspecified atom stereocenters. The van der Waals surface area contributed by atoms with Gasteiger partial charge >= 0.3 is 5.97 Å². The van der Waals surface area contributed by atoms with Crippen LogP contribution in [0.1, 0.15) is 23.7 Å². The highest BCUT2D eigenvalue weighted by atomic mass is 31.2. The van der Waals surface area contributed by atoms with Crippen molar-refractivity contribution in [3.05, 3.63) is 53.2 Å². The van der Waals surface area contributed by atoms with Gasteiger partial charge in [-0.3, -0.25) is 0 Å². The first-order valence-corrected chi connectivity index (χ1v) is 10.8. The summed E-state index contributed by atoms with van der Waals surface area (Å²) in [4.78, 5) is 15.5. The first kappa shape index (κ1) is 19.8. The number of ether oxygens (including phenoxy) is 2. The van der Waals surface area contributed by atoms with E-state index in [2.05, 4.69) is 21.6 Å². The van der Waals surface area contributed by atoms with E-state index in [1.54, 1.807) is 31.5 Å². The molecule has 0 aliphatic heterocycles. The quantitative estimate of drug-likeness (QED) is 0.459. The van der Waals surface area contributed by atoms with Crippen LogP contribution in [0.3, 0.4) is 0 Å². The van der Waals surface area contributed by atoms with Gasteiger partial charge in [-0.15, -0.1) is 0 Å². The van der Waals surface area contributed by atoms with Crippen LogP contribution in [0.25, 0.3) is 0 Å². The Labute approximate surface area is 154 Å². The van der Waals surface area contributed by atoms with Crippen molar-refractivity contribution in [1.82, 2.24) is 4.98 Å². The molecule has 1 heterocycles. The monoisotopic (exact) mass is 371 g/mol. The Kier molecular flexibility index (Phi) is 6.60. The van der Waals surface area contributed by atoms with Crippen LogP contribution in [-0.4, -0.2) is 38.0 Å². The van der Waals surface area contributed by atoms with Crippen LogP contribution in [0, 0.1) is 11.8 Å². The van der Waals surface area contributed by atoms with Gasteiger partial charge in [-0.2, -0.15) is 0 Å². The first-order valence-electron chi connectivity index (χ1n) is 8.20. The molecule has 2 rings (SSSR count). The summed E-state index contributed by atoms with van der Waals surface area (Å²) in [5.41, 5.74) is 3.08. The lowest BCUT2D eigenvalue weighted by Crippen LogP contribution is -2.12. The van der Waals surface area contributed by atoms with Gasteiger partial charge in [0.25, 0.3) is 0 Å². The highest BCUT2D eigenvalue weighted by Crippen LogP contribution is 2.33. The molecular formula is C20H22NO4P. The van der Waals surface area contributed by atoms with Crippen molar-refractivity contribution in [3.63, 3.8) is 0 Å². The highest BCUT2D eigenvalue weighted by molar-refractivity contribution is 7.69. The van der Waals surface area contributed by atoms with E-state index in [1.165, 1.54) is 7.11 Å². The molecule has 136 valence electrons. The summed E-state index contributed by atoms with van der Waals surface area (Å²) >= 11 is 0. The highest BCUT2D eigenvalue weighted by Gasteiger charge is 2.14. The molecule has 0 saturated heterocycles. The Hall–Kier alpha value is -2.57. The van der Waals surface area contributed by atoms with E-state index in [0.717, 1.165) is 23.2 Å². The van der Waals surface area contributed by atoms with Gasteiger partial charge in [-0.25, -0.2) is 9.78 Å². The summed E-state index contributed by atoms with van der Waals surface area (Å²) in [7, 11) is -1.12. The lowest BCUT2D eigenvalue weighted by atomic mass is 10.1. The number of methoxy groups -OCH3 is 1. The van der Waals surface area contributed by atoms with E-state index >= 15 is 0 Å². The Morgan fingerprint density at radius 1 is 1.12 bits per heavy atom. The molecule has 6 heteroatoms. The molecule has 1 aromatic carbocycles. The molecule has 0 aliphatic rings. The molecule has 5 nitrogen and oxygen atoms in total. The molecule has 0 bridgehead atoms. The molecule has 1 aromatic heterocycles. The maximum absolute atomic E-state index is 12.3. The number of nitrogens with zero attached hydrogens (tertiary/aromatic N) is 1. The number of hydrogen-bond donors (Lipinski definition) is 0. The zero-order valence-corrected chi connectivity index (χ0v) is 16.3. The van der Waals surface area contributed by atoms with Crippen molar-refractivity contribution in [2.24, 2.45) is 0 Å². The van der Waals surface area contributed by atoms with Crippen molar-refractivity contribution in [1.29, 1.82) is 0 Å². The van der Waals surface area contributed by atoms with E-state index in [0.29, 0.717) is 11.2 Å². The van der Waals surface area contributed by atoms with Crippen LogP contribution >= 0.6 is 7.14 Å². The minimum Gasteiger partial charge on any atom is -0.482 e. The average Bonchev–Trinajstić information content (AvgIpc) is 2.64. The molecule has 0 spiro atoms. The average molecular weight is 371 g/mol. The van der Waals surface area contributed by atoms with Crippen molar-refractivity contribution in [3.8, 4) is 17.6 Å². The van der Waals surface area contributed by atoms with E-state index in [4.69, 9.17) is 4.74 Å². The standard InChI is InChI=1S/C20H22NO4P/c1-5-17-12-16(13-19(21-17)26(3,4)23)7-6-15-8-10-18(11-9-15)25-14-20(22)24-2/h8-13H,5,14H2,1-4H3. The van der Waals surface area contributed by atoms with Gasteiger partial charge in [-0.1, -0.05) is 18.8 Å².